The summed E-state index contributed by atoms with van der Waals surface area (Å²) in [6, 6.07) is 0. The lowest BCUT2D eigenvalue weighted by molar-refractivity contribution is -0.153. The minimum atomic E-state index is -1.80. The van der Waals surface area contributed by atoms with Gasteiger partial charge in [0.15, 0.2) is 0 Å². The van der Waals surface area contributed by atoms with E-state index in [1.165, 1.54) is 0 Å². The second-order valence-corrected chi connectivity index (χ2v) is 6.10. The van der Waals surface area contributed by atoms with Crippen molar-refractivity contribution in [3.05, 3.63) is 12.2 Å². The quantitative estimate of drug-likeness (QED) is 0.473. The number of rotatable bonds is 10. The van der Waals surface area contributed by atoms with E-state index in [0.29, 0.717) is 6.61 Å². The van der Waals surface area contributed by atoms with Crippen LogP contribution in [0.5, 0.6) is 0 Å². The van der Waals surface area contributed by atoms with E-state index in [0.717, 1.165) is 32.1 Å². The summed E-state index contributed by atoms with van der Waals surface area (Å²) < 4.78 is 5.19. The molecule has 1 aliphatic rings. The van der Waals surface area contributed by atoms with Gasteiger partial charge in [-0.15, -0.1) is 0 Å². The molecule has 0 aromatic carbocycles. The van der Waals surface area contributed by atoms with E-state index in [4.69, 9.17) is 4.74 Å². The van der Waals surface area contributed by atoms with Crippen molar-refractivity contribution in [1.82, 2.24) is 0 Å². The fourth-order valence-corrected chi connectivity index (χ4v) is 3.12. The summed E-state index contributed by atoms with van der Waals surface area (Å²) >= 11 is 0. The van der Waals surface area contributed by atoms with Crippen LogP contribution in [0.15, 0.2) is 12.2 Å². The predicted octanol–water partition coefficient (Wildman–Crippen LogP) is 2.66. The van der Waals surface area contributed by atoms with Gasteiger partial charge in [-0.3, -0.25) is 9.59 Å². The first-order valence-electron chi connectivity index (χ1n) is 8.11. The standard InChI is InChI=1S/C17H26O6/c1-3-23-10-9-17(16(21)22,12(2)15(19)20)11-14(18)13-7-5-4-6-8-13/h13H,2-11H2,1H3,(H,19,20)(H,21,22). The van der Waals surface area contributed by atoms with Gasteiger partial charge >= 0.3 is 11.9 Å². The molecule has 130 valence electrons. The summed E-state index contributed by atoms with van der Waals surface area (Å²) in [7, 11) is 0. The lowest BCUT2D eigenvalue weighted by Crippen LogP contribution is -2.40. The molecule has 0 heterocycles. The summed E-state index contributed by atoms with van der Waals surface area (Å²) in [5.74, 6) is -3.06. The molecule has 1 aliphatic carbocycles. The van der Waals surface area contributed by atoms with E-state index in [-0.39, 0.29) is 31.1 Å². The van der Waals surface area contributed by atoms with Crippen molar-refractivity contribution in [1.29, 1.82) is 0 Å². The fraction of sp³-hybridized carbons (Fsp3) is 0.706. The summed E-state index contributed by atoms with van der Waals surface area (Å²) in [5, 5.41) is 18.9. The number of ketones is 1. The Morgan fingerprint density at radius 1 is 1.17 bits per heavy atom. The van der Waals surface area contributed by atoms with E-state index in [1.807, 2.05) is 0 Å². The molecule has 1 fully saturated rings. The molecule has 23 heavy (non-hydrogen) atoms. The number of hydrogen-bond donors (Lipinski definition) is 2. The van der Waals surface area contributed by atoms with Gasteiger partial charge in [-0.2, -0.15) is 0 Å². The predicted molar refractivity (Wildman–Crippen MR) is 84.2 cm³/mol. The van der Waals surface area contributed by atoms with E-state index in [2.05, 4.69) is 6.58 Å². The Kier molecular flexibility index (Phi) is 7.42. The van der Waals surface area contributed by atoms with Gasteiger partial charge in [0.2, 0.25) is 0 Å². The second-order valence-electron chi connectivity index (χ2n) is 6.10. The molecule has 0 spiro atoms. The topological polar surface area (TPSA) is 101 Å². The second kappa shape index (κ2) is 8.82. The molecule has 0 radical (unpaired) electrons. The Balaban J connectivity index is 2.99. The van der Waals surface area contributed by atoms with E-state index < -0.39 is 22.9 Å². The molecule has 0 bridgehead atoms. The Morgan fingerprint density at radius 2 is 1.78 bits per heavy atom. The third-order valence-electron chi connectivity index (χ3n) is 4.66. The van der Waals surface area contributed by atoms with Crippen LogP contribution in [-0.2, 0) is 19.1 Å². The van der Waals surface area contributed by atoms with Crippen molar-refractivity contribution in [3.63, 3.8) is 0 Å². The van der Waals surface area contributed by atoms with Crippen LogP contribution in [0.2, 0.25) is 0 Å². The zero-order chi connectivity index (χ0) is 17.5. The van der Waals surface area contributed by atoms with Crippen LogP contribution in [0.1, 0.15) is 51.9 Å². The van der Waals surface area contributed by atoms with Gasteiger partial charge in [-0.25, -0.2) is 4.79 Å². The summed E-state index contributed by atoms with van der Waals surface area (Å²) in [6.07, 6.45) is 4.09. The van der Waals surface area contributed by atoms with Crippen LogP contribution < -0.4 is 0 Å². The minimum Gasteiger partial charge on any atom is -0.481 e. The number of aliphatic carboxylic acids is 2. The first-order valence-corrected chi connectivity index (χ1v) is 8.11. The molecule has 1 atom stereocenters. The van der Waals surface area contributed by atoms with Gasteiger partial charge < -0.3 is 14.9 Å². The van der Waals surface area contributed by atoms with Crippen molar-refractivity contribution < 1.29 is 29.3 Å². The number of carbonyl (C=O) groups excluding carboxylic acids is 1. The van der Waals surface area contributed by atoms with Gasteiger partial charge in [0.1, 0.15) is 11.2 Å². The highest BCUT2D eigenvalue weighted by atomic mass is 16.5. The molecule has 6 heteroatoms. The zero-order valence-electron chi connectivity index (χ0n) is 13.7. The smallest absolute Gasteiger partial charge is 0.332 e. The molecule has 1 saturated carbocycles. The molecule has 6 nitrogen and oxygen atoms in total. The molecule has 0 amide bonds. The van der Waals surface area contributed by atoms with Crippen LogP contribution in [0.3, 0.4) is 0 Å². The molecule has 1 unspecified atom stereocenters. The van der Waals surface area contributed by atoms with Crippen LogP contribution in [0.4, 0.5) is 0 Å². The first-order chi connectivity index (χ1) is 10.8. The normalized spacial score (nSPS) is 18.1. The SMILES string of the molecule is C=C(C(=O)O)C(CCOCC)(CC(=O)C1CCCCC1)C(=O)O. The van der Waals surface area contributed by atoms with Gasteiger partial charge in [0.25, 0.3) is 0 Å². The maximum absolute atomic E-state index is 12.5. The van der Waals surface area contributed by atoms with Crippen LogP contribution >= 0.6 is 0 Å². The monoisotopic (exact) mass is 326 g/mol. The third-order valence-corrected chi connectivity index (χ3v) is 4.66. The van der Waals surface area contributed by atoms with Crippen molar-refractivity contribution >= 4 is 17.7 Å². The highest BCUT2D eigenvalue weighted by molar-refractivity contribution is 5.99. The molecule has 0 aliphatic heterocycles. The average molecular weight is 326 g/mol. The van der Waals surface area contributed by atoms with Crippen LogP contribution in [-0.4, -0.2) is 41.1 Å². The Hall–Kier alpha value is -1.69. The van der Waals surface area contributed by atoms with E-state index >= 15 is 0 Å². The number of ether oxygens (including phenoxy) is 1. The lowest BCUT2D eigenvalue weighted by atomic mass is 9.71. The number of carboxylic acid groups (broad SMARTS) is 2. The third kappa shape index (κ3) is 4.89. The Bertz CT molecular complexity index is 464. The number of carboxylic acids is 2. The largest absolute Gasteiger partial charge is 0.481 e. The molecular formula is C17H26O6. The molecule has 1 rings (SSSR count). The highest BCUT2D eigenvalue weighted by Gasteiger charge is 2.46. The highest BCUT2D eigenvalue weighted by Crippen LogP contribution is 2.38. The van der Waals surface area contributed by atoms with Crippen LogP contribution in [0.25, 0.3) is 0 Å². The van der Waals surface area contributed by atoms with Crippen molar-refractivity contribution in [3.8, 4) is 0 Å². The van der Waals surface area contributed by atoms with Crippen molar-refractivity contribution in [2.24, 2.45) is 11.3 Å². The molecule has 0 aromatic heterocycles. The number of carbonyl (C=O) groups is 3. The van der Waals surface area contributed by atoms with E-state index in [1.54, 1.807) is 6.92 Å². The Morgan fingerprint density at radius 3 is 2.26 bits per heavy atom. The maximum atomic E-state index is 12.5. The summed E-state index contributed by atoms with van der Waals surface area (Å²) in [4.78, 5) is 35.7. The van der Waals surface area contributed by atoms with Gasteiger partial charge in [0, 0.05) is 31.1 Å². The number of Topliss-reactive ketones (excluding diaryl/α,β-unsaturated/α-hetero) is 1. The Labute approximate surface area is 136 Å². The maximum Gasteiger partial charge on any atom is 0.332 e. The van der Waals surface area contributed by atoms with Crippen molar-refractivity contribution in [2.75, 3.05) is 13.2 Å². The zero-order valence-corrected chi connectivity index (χ0v) is 13.7. The average Bonchev–Trinajstić information content (AvgIpc) is 2.53. The first kappa shape index (κ1) is 19.4. The lowest BCUT2D eigenvalue weighted by Gasteiger charge is -2.31. The van der Waals surface area contributed by atoms with E-state index in [9.17, 15) is 24.6 Å². The fourth-order valence-electron chi connectivity index (χ4n) is 3.12. The molecule has 0 aromatic rings. The molecule has 2 N–H and O–H groups in total. The van der Waals surface area contributed by atoms with Crippen LogP contribution in [0, 0.1) is 11.3 Å². The van der Waals surface area contributed by atoms with Crippen molar-refractivity contribution in [2.45, 2.75) is 51.9 Å². The summed E-state index contributed by atoms with van der Waals surface area (Å²) in [6.45, 7) is 5.67. The number of hydrogen-bond acceptors (Lipinski definition) is 4. The van der Waals surface area contributed by atoms with Gasteiger partial charge in [-0.05, 0) is 26.2 Å². The van der Waals surface area contributed by atoms with Gasteiger partial charge in [0.05, 0.1) is 0 Å². The van der Waals surface area contributed by atoms with Gasteiger partial charge in [-0.1, -0.05) is 25.8 Å². The molecule has 0 saturated heterocycles. The molecular weight excluding hydrogens is 300 g/mol. The minimum absolute atomic E-state index is 0.0697. The summed E-state index contributed by atoms with van der Waals surface area (Å²) in [5.41, 5.74) is -2.25.